The van der Waals surface area contributed by atoms with Gasteiger partial charge in [-0.2, -0.15) is 0 Å². The van der Waals surface area contributed by atoms with E-state index in [0.717, 1.165) is 5.56 Å². The Morgan fingerprint density at radius 3 is 2.42 bits per heavy atom. The molecule has 0 spiro atoms. The number of halogens is 1. The number of hydrogen-bond donors (Lipinski definition) is 2. The number of carbonyl (C=O) groups is 1. The average molecular weight is 369 g/mol. The van der Waals surface area contributed by atoms with Crippen LogP contribution in [-0.2, 0) is 21.4 Å². The molecule has 2 N–H and O–H groups in total. The molecule has 0 aliphatic heterocycles. The molecule has 0 saturated carbocycles. The van der Waals surface area contributed by atoms with Crippen molar-refractivity contribution >= 4 is 33.2 Å². The Bertz CT molecular complexity index is 836. The summed E-state index contributed by atoms with van der Waals surface area (Å²) in [6, 6.07) is 10.9. The highest BCUT2D eigenvalue weighted by atomic mass is 35.5. The maximum atomic E-state index is 12.5. The average Bonchev–Trinajstić information content (AvgIpc) is 2.53. The van der Waals surface area contributed by atoms with Crippen molar-refractivity contribution < 1.29 is 17.9 Å². The molecule has 1 amide bonds. The Hall–Kier alpha value is -2.25. The third-order valence-corrected chi connectivity index (χ3v) is 4.80. The van der Waals surface area contributed by atoms with Crippen molar-refractivity contribution in [3.05, 3.63) is 53.1 Å². The lowest BCUT2D eigenvalue weighted by Crippen LogP contribution is -2.19. The molecular formula is C16H17ClN2O4S. The first-order valence-electron chi connectivity index (χ1n) is 7.01. The Morgan fingerprint density at radius 1 is 1.17 bits per heavy atom. The standard InChI is InChI=1S/C16H17ClN2O4S/c1-11(20)18-10-12-3-6-14(7-4-12)24(21,22)19-15-9-13(17)5-8-16(15)23-2/h3-9,19H,10H2,1-2H3,(H,18,20). The van der Waals surface area contributed by atoms with Gasteiger partial charge in [-0.3, -0.25) is 9.52 Å². The van der Waals surface area contributed by atoms with E-state index in [1.807, 2.05) is 0 Å². The molecule has 0 unspecified atom stereocenters. The van der Waals surface area contributed by atoms with Crippen LogP contribution in [0.3, 0.4) is 0 Å². The largest absolute Gasteiger partial charge is 0.495 e. The van der Waals surface area contributed by atoms with Crippen LogP contribution in [0.15, 0.2) is 47.4 Å². The van der Waals surface area contributed by atoms with Crippen LogP contribution in [0, 0.1) is 0 Å². The first-order chi connectivity index (χ1) is 11.3. The van der Waals surface area contributed by atoms with Crippen molar-refractivity contribution in [2.45, 2.75) is 18.4 Å². The summed E-state index contributed by atoms with van der Waals surface area (Å²) in [5, 5.41) is 3.03. The molecule has 128 valence electrons. The molecule has 0 bridgehead atoms. The number of rotatable bonds is 6. The van der Waals surface area contributed by atoms with Gasteiger partial charge in [0.15, 0.2) is 0 Å². The number of methoxy groups -OCH3 is 1. The van der Waals surface area contributed by atoms with E-state index in [0.29, 0.717) is 17.3 Å². The molecule has 0 atom stereocenters. The molecule has 0 saturated heterocycles. The molecule has 0 aromatic heterocycles. The lowest BCUT2D eigenvalue weighted by Gasteiger charge is -2.12. The maximum Gasteiger partial charge on any atom is 0.262 e. The van der Waals surface area contributed by atoms with Gasteiger partial charge in [-0.25, -0.2) is 8.42 Å². The summed E-state index contributed by atoms with van der Waals surface area (Å²) in [4.78, 5) is 11.0. The molecule has 6 nitrogen and oxygen atoms in total. The highest BCUT2D eigenvalue weighted by molar-refractivity contribution is 7.92. The van der Waals surface area contributed by atoms with Crippen LogP contribution in [0.4, 0.5) is 5.69 Å². The number of anilines is 1. The highest BCUT2D eigenvalue weighted by Crippen LogP contribution is 2.29. The number of hydrogen-bond acceptors (Lipinski definition) is 4. The van der Waals surface area contributed by atoms with E-state index in [1.165, 1.54) is 32.2 Å². The van der Waals surface area contributed by atoms with E-state index in [2.05, 4.69) is 10.0 Å². The van der Waals surface area contributed by atoms with Gasteiger partial charge in [0.05, 0.1) is 17.7 Å². The van der Waals surface area contributed by atoms with Gasteiger partial charge in [0, 0.05) is 18.5 Å². The van der Waals surface area contributed by atoms with Crippen molar-refractivity contribution in [3.63, 3.8) is 0 Å². The predicted molar refractivity (Wildman–Crippen MR) is 92.8 cm³/mol. The van der Waals surface area contributed by atoms with E-state index in [-0.39, 0.29) is 16.5 Å². The molecule has 2 aromatic rings. The predicted octanol–water partition coefficient (Wildman–Crippen LogP) is 2.79. The third kappa shape index (κ3) is 4.62. The van der Waals surface area contributed by atoms with Crippen molar-refractivity contribution in [2.24, 2.45) is 0 Å². The second kappa shape index (κ2) is 7.55. The highest BCUT2D eigenvalue weighted by Gasteiger charge is 2.16. The number of carbonyl (C=O) groups excluding carboxylic acids is 1. The quantitative estimate of drug-likeness (QED) is 0.821. The van der Waals surface area contributed by atoms with E-state index in [4.69, 9.17) is 16.3 Å². The second-order valence-corrected chi connectivity index (χ2v) is 7.12. The van der Waals surface area contributed by atoms with Crippen LogP contribution >= 0.6 is 11.6 Å². The zero-order valence-corrected chi connectivity index (χ0v) is 14.7. The zero-order valence-electron chi connectivity index (χ0n) is 13.2. The van der Waals surface area contributed by atoms with Crippen LogP contribution in [0.25, 0.3) is 0 Å². The van der Waals surface area contributed by atoms with Gasteiger partial charge in [-0.15, -0.1) is 0 Å². The lowest BCUT2D eigenvalue weighted by atomic mass is 10.2. The minimum atomic E-state index is -3.79. The smallest absolute Gasteiger partial charge is 0.262 e. The Balaban J connectivity index is 2.21. The van der Waals surface area contributed by atoms with Gasteiger partial charge < -0.3 is 10.1 Å². The molecule has 0 radical (unpaired) electrons. The summed E-state index contributed by atoms with van der Waals surface area (Å²) in [6.07, 6.45) is 0. The van der Waals surface area contributed by atoms with Gasteiger partial charge in [0.2, 0.25) is 5.91 Å². The minimum absolute atomic E-state index is 0.0936. The summed E-state index contributed by atoms with van der Waals surface area (Å²) in [5.74, 6) is 0.215. The lowest BCUT2D eigenvalue weighted by molar-refractivity contribution is -0.119. The summed E-state index contributed by atoms with van der Waals surface area (Å²) in [6.45, 7) is 1.76. The Labute approximate surface area is 145 Å². The van der Waals surface area contributed by atoms with E-state index < -0.39 is 10.0 Å². The fourth-order valence-corrected chi connectivity index (χ4v) is 3.21. The van der Waals surface area contributed by atoms with Crippen molar-refractivity contribution in [3.8, 4) is 5.75 Å². The van der Waals surface area contributed by atoms with Crippen LogP contribution in [0.5, 0.6) is 5.75 Å². The van der Waals surface area contributed by atoms with Gasteiger partial charge in [-0.1, -0.05) is 23.7 Å². The summed E-state index contributed by atoms with van der Waals surface area (Å²) in [7, 11) is -2.34. The van der Waals surface area contributed by atoms with Gasteiger partial charge in [-0.05, 0) is 35.9 Å². The summed E-state index contributed by atoms with van der Waals surface area (Å²) in [5.41, 5.74) is 1.05. The molecule has 24 heavy (non-hydrogen) atoms. The Kier molecular flexibility index (Phi) is 5.69. The summed E-state index contributed by atoms with van der Waals surface area (Å²) >= 11 is 5.90. The van der Waals surface area contributed by atoms with Crippen molar-refractivity contribution in [1.82, 2.24) is 5.32 Å². The zero-order chi connectivity index (χ0) is 17.7. The monoisotopic (exact) mass is 368 g/mol. The molecule has 0 heterocycles. The minimum Gasteiger partial charge on any atom is -0.495 e. The third-order valence-electron chi connectivity index (χ3n) is 3.18. The van der Waals surface area contributed by atoms with E-state index >= 15 is 0 Å². The first kappa shape index (κ1) is 18.1. The molecule has 8 heteroatoms. The molecule has 0 aliphatic carbocycles. The Morgan fingerprint density at radius 2 is 1.83 bits per heavy atom. The topological polar surface area (TPSA) is 84.5 Å². The van der Waals surface area contributed by atoms with Gasteiger partial charge in [0.25, 0.3) is 10.0 Å². The van der Waals surface area contributed by atoms with E-state index in [1.54, 1.807) is 24.3 Å². The number of sulfonamides is 1. The van der Waals surface area contributed by atoms with E-state index in [9.17, 15) is 13.2 Å². The van der Waals surface area contributed by atoms with Crippen molar-refractivity contribution in [2.75, 3.05) is 11.8 Å². The number of amides is 1. The molecule has 2 rings (SSSR count). The second-order valence-electron chi connectivity index (χ2n) is 5.00. The van der Waals surface area contributed by atoms with Crippen LogP contribution in [0.1, 0.15) is 12.5 Å². The summed E-state index contributed by atoms with van der Waals surface area (Å²) < 4.78 is 32.5. The fourth-order valence-electron chi connectivity index (χ4n) is 1.98. The van der Waals surface area contributed by atoms with Crippen LogP contribution in [-0.4, -0.2) is 21.4 Å². The number of nitrogens with one attached hydrogen (secondary N) is 2. The molecule has 0 fully saturated rings. The van der Waals surface area contributed by atoms with Crippen LogP contribution in [0.2, 0.25) is 5.02 Å². The number of ether oxygens (including phenoxy) is 1. The molecular weight excluding hydrogens is 352 g/mol. The first-order valence-corrected chi connectivity index (χ1v) is 8.87. The number of benzene rings is 2. The SMILES string of the molecule is COc1ccc(Cl)cc1NS(=O)(=O)c1ccc(CNC(C)=O)cc1. The van der Waals surface area contributed by atoms with Crippen LogP contribution < -0.4 is 14.8 Å². The van der Waals surface area contributed by atoms with Gasteiger partial charge in [0.1, 0.15) is 5.75 Å². The van der Waals surface area contributed by atoms with Crippen molar-refractivity contribution in [1.29, 1.82) is 0 Å². The maximum absolute atomic E-state index is 12.5. The molecule has 0 aliphatic rings. The molecule has 2 aromatic carbocycles. The fraction of sp³-hybridized carbons (Fsp3) is 0.188. The normalized spacial score (nSPS) is 11.0. The van der Waals surface area contributed by atoms with Gasteiger partial charge >= 0.3 is 0 Å².